The van der Waals surface area contributed by atoms with Gasteiger partial charge in [-0.2, -0.15) is 0 Å². The molecule has 0 aromatic heterocycles. The van der Waals surface area contributed by atoms with E-state index in [9.17, 15) is 0 Å². The topological polar surface area (TPSA) is 32.6 Å². The predicted octanol–water partition coefficient (Wildman–Crippen LogP) is 3.36. The Morgan fingerprint density at radius 3 is 2.67 bits per heavy atom. The van der Waals surface area contributed by atoms with Crippen LogP contribution in [0.5, 0.6) is 0 Å². The van der Waals surface area contributed by atoms with Crippen molar-refractivity contribution >= 4 is 5.71 Å². The van der Waals surface area contributed by atoms with E-state index in [1.165, 1.54) is 0 Å². The van der Waals surface area contributed by atoms with Crippen LogP contribution in [0.4, 0.5) is 0 Å². The number of unbranched alkanes of at least 4 members (excludes halogenated alkanes) is 1. The van der Waals surface area contributed by atoms with Gasteiger partial charge in [-0.3, -0.25) is 0 Å². The summed E-state index contributed by atoms with van der Waals surface area (Å²) in [6, 6.07) is 0. The van der Waals surface area contributed by atoms with E-state index in [-0.39, 0.29) is 0 Å². The summed E-state index contributed by atoms with van der Waals surface area (Å²) in [6.07, 6.45) is 9.20. The molecule has 12 heavy (non-hydrogen) atoms. The Labute approximate surface area is 75.0 Å². The van der Waals surface area contributed by atoms with Crippen molar-refractivity contribution in [3.63, 3.8) is 0 Å². The van der Waals surface area contributed by atoms with Gasteiger partial charge >= 0.3 is 0 Å². The van der Waals surface area contributed by atoms with Gasteiger partial charge in [0.25, 0.3) is 0 Å². The van der Waals surface area contributed by atoms with E-state index >= 15 is 0 Å². The van der Waals surface area contributed by atoms with E-state index in [4.69, 9.17) is 5.21 Å². The Bertz CT molecular complexity index is 150. The normalized spacial score (nSPS) is 12.7. The minimum atomic E-state index is 0.890. The maximum atomic E-state index is 8.62. The molecule has 0 bridgehead atoms. The fraction of sp³-hybridized carbons (Fsp3) is 0.700. The SMILES string of the molecule is C/C=C\CC/C(CCCC)=N\O. The van der Waals surface area contributed by atoms with E-state index in [2.05, 4.69) is 18.2 Å². The van der Waals surface area contributed by atoms with E-state index in [0.29, 0.717) is 0 Å². The minimum Gasteiger partial charge on any atom is -0.411 e. The molecule has 0 aliphatic rings. The largest absolute Gasteiger partial charge is 0.411 e. The van der Waals surface area contributed by atoms with Crippen LogP contribution < -0.4 is 0 Å². The first-order valence-corrected chi connectivity index (χ1v) is 4.66. The van der Waals surface area contributed by atoms with Crippen molar-refractivity contribution in [2.75, 3.05) is 0 Å². The Hall–Kier alpha value is -0.790. The first kappa shape index (κ1) is 11.2. The predicted molar refractivity (Wildman–Crippen MR) is 52.8 cm³/mol. The monoisotopic (exact) mass is 169 g/mol. The van der Waals surface area contributed by atoms with Crippen molar-refractivity contribution in [3.8, 4) is 0 Å². The van der Waals surface area contributed by atoms with Gasteiger partial charge in [-0.25, -0.2) is 0 Å². The molecule has 0 radical (unpaired) electrons. The molecule has 0 saturated carbocycles. The highest BCUT2D eigenvalue weighted by Crippen LogP contribution is 2.03. The van der Waals surface area contributed by atoms with Crippen molar-refractivity contribution < 1.29 is 5.21 Å². The van der Waals surface area contributed by atoms with Gasteiger partial charge in [0.1, 0.15) is 0 Å². The van der Waals surface area contributed by atoms with Gasteiger partial charge < -0.3 is 5.21 Å². The van der Waals surface area contributed by atoms with Crippen molar-refractivity contribution in [1.29, 1.82) is 0 Å². The van der Waals surface area contributed by atoms with E-state index in [1.54, 1.807) is 0 Å². The van der Waals surface area contributed by atoms with Gasteiger partial charge in [0.2, 0.25) is 0 Å². The van der Waals surface area contributed by atoms with Crippen molar-refractivity contribution in [2.24, 2.45) is 5.16 Å². The minimum absolute atomic E-state index is 0.890. The van der Waals surface area contributed by atoms with E-state index in [0.717, 1.165) is 37.8 Å². The summed E-state index contributed by atoms with van der Waals surface area (Å²) in [5, 5.41) is 11.9. The quantitative estimate of drug-likeness (QED) is 0.281. The highest BCUT2D eigenvalue weighted by molar-refractivity contribution is 5.83. The molecule has 0 unspecified atom stereocenters. The van der Waals surface area contributed by atoms with Crippen LogP contribution in [-0.4, -0.2) is 10.9 Å². The standard InChI is InChI=1S/C10H19NO/c1-3-5-7-9-10(11-12)8-6-4-2/h3,5,12H,4,6-9H2,1-2H3/b5-3-,11-10-. The summed E-state index contributed by atoms with van der Waals surface area (Å²) in [4.78, 5) is 0. The molecule has 0 amide bonds. The van der Waals surface area contributed by atoms with Gasteiger partial charge in [0.05, 0.1) is 5.71 Å². The molecule has 0 heterocycles. The molecule has 0 aromatic rings. The molecule has 2 nitrogen and oxygen atoms in total. The Morgan fingerprint density at radius 2 is 2.17 bits per heavy atom. The zero-order chi connectivity index (χ0) is 9.23. The Kier molecular flexibility index (Phi) is 7.76. The maximum Gasteiger partial charge on any atom is 0.0573 e. The number of hydrogen-bond donors (Lipinski definition) is 1. The molecular formula is C10H19NO. The molecule has 0 spiro atoms. The molecule has 0 fully saturated rings. The lowest BCUT2D eigenvalue weighted by Gasteiger charge is -1.99. The van der Waals surface area contributed by atoms with Crippen LogP contribution in [0.1, 0.15) is 46.0 Å². The number of oxime groups is 1. The lowest BCUT2D eigenvalue weighted by molar-refractivity contribution is 0.316. The van der Waals surface area contributed by atoms with Crippen LogP contribution >= 0.6 is 0 Å². The van der Waals surface area contributed by atoms with Crippen LogP contribution in [0.2, 0.25) is 0 Å². The van der Waals surface area contributed by atoms with E-state index in [1.807, 2.05) is 13.0 Å². The van der Waals surface area contributed by atoms with Gasteiger partial charge in [-0.05, 0) is 32.6 Å². The summed E-state index contributed by atoms with van der Waals surface area (Å²) >= 11 is 0. The maximum absolute atomic E-state index is 8.62. The first-order chi connectivity index (χ1) is 5.85. The van der Waals surface area contributed by atoms with Crippen LogP contribution in [0.3, 0.4) is 0 Å². The van der Waals surface area contributed by atoms with Crippen LogP contribution in [0.15, 0.2) is 17.3 Å². The summed E-state index contributed by atoms with van der Waals surface area (Å²) in [5.41, 5.74) is 0.926. The van der Waals surface area contributed by atoms with Gasteiger partial charge in [0.15, 0.2) is 0 Å². The number of allylic oxidation sites excluding steroid dienone is 2. The lowest BCUT2D eigenvalue weighted by Crippen LogP contribution is -1.97. The average molecular weight is 169 g/mol. The Morgan fingerprint density at radius 1 is 1.42 bits per heavy atom. The molecular weight excluding hydrogens is 150 g/mol. The molecule has 0 aromatic carbocycles. The number of hydrogen-bond acceptors (Lipinski definition) is 2. The molecule has 1 N–H and O–H groups in total. The molecule has 0 rings (SSSR count). The second-order valence-electron chi connectivity index (χ2n) is 2.88. The van der Waals surface area contributed by atoms with Crippen LogP contribution in [-0.2, 0) is 0 Å². The molecule has 0 aliphatic carbocycles. The third-order valence-electron chi connectivity index (χ3n) is 1.80. The average Bonchev–Trinajstić information content (AvgIpc) is 2.11. The highest BCUT2D eigenvalue weighted by Gasteiger charge is 1.97. The van der Waals surface area contributed by atoms with Crippen molar-refractivity contribution in [3.05, 3.63) is 12.2 Å². The van der Waals surface area contributed by atoms with Crippen LogP contribution in [0.25, 0.3) is 0 Å². The molecule has 70 valence electrons. The lowest BCUT2D eigenvalue weighted by atomic mass is 10.1. The second-order valence-corrected chi connectivity index (χ2v) is 2.88. The summed E-state index contributed by atoms with van der Waals surface area (Å²) in [7, 11) is 0. The van der Waals surface area contributed by atoms with E-state index < -0.39 is 0 Å². The summed E-state index contributed by atoms with van der Waals surface area (Å²) in [5.74, 6) is 0. The van der Waals surface area contributed by atoms with Crippen molar-refractivity contribution in [1.82, 2.24) is 0 Å². The van der Waals surface area contributed by atoms with Crippen molar-refractivity contribution in [2.45, 2.75) is 46.0 Å². The zero-order valence-corrected chi connectivity index (χ0v) is 8.08. The fourth-order valence-electron chi connectivity index (χ4n) is 1.02. The molecule has 0 aliphatic heterocycles. The summed E-state index contributed by atoms with van der Waals surface area (Å²) < 4.78 is 0. The third kappa shape index (κ3) is 5.96. The molecule has 0 atom stereocenters. The number of rotatable bonds is 6. The molecule has 2 heteroatoms. The van der Waals surface area contributed by atoms with Crippen LogP contribution in [0, 0.1) is 0 Å². The van der Waals surface area contributed by atoms with Gasteiger partial charge in [0, 0.05) is 0 Å². The third-order valence-corrected chi connectivity index (χ3v) is 1.80. The first-order valence-electron chi connectivity index (χ1n) is 4.66. The molecule has 0 saturated heterocycles. The summed E-state index contributed by atoms with van der Waals surface area (Å²) in [6.45, 7) is 4.14. The smallest absolute Gasteiger partial charge is 0.0573 e. The highest BCUT2D eigenvalue weighted by atomic mass is 16.4. The second kappa shape index (κ2) is 8.31. The van der Waals surface area contributed by atoms with Gasteiger partial charge in [-0.15, -0.1) is 0 Å². The fourth-order valence-corrected chi connectivity index (χ4v) is 1.02. The zero-order valence-electron chi connectivity index (χ0n) is 8.08. The Balaban J connectivity index is 3.54. The van der Waals surface area contributed by atoms with Gasteiger partial charge in [-0.1, -0.05) is 30.7 Å². The number of nitrogens with zero attached hydrogens (tertiary/aromatic N) is 1.